The molecule has 94 valence electrons. The molecule has 0 aromatic rings. The Morgan fingerprint density at radius 2 is 1.88 bits per heavy atom. The summed E-state index contributed by atoms with van der Waals surface area (Å²) in [5.74, 6) is 0.412. The summed E-state index contributed by atoms with van der Waals surface area (Å²) in [5, 5.41) is 0. The van der Waals surface area contributed by atoms with E-state index in [9.17, 15) is 4.79 Å². The molecule has 1 fully saturated rings. The van der Waals surface area contributed by atoms with Crippen LogP contribution in [0.25, 0.3) is 0 Å². The van der Waals surface area contributed by atoms with E-state index in [1.165, 1.54) is 32.4 Å². The van der Waals surface area contributed by atoms with Gasteiger partial charge >= 0.3 is 0 Å². The lowest BCUT2D eigenvalue weighted by atomic mass is 9.78. The lowest BCUT2D eigenvalue weighted by Gasteiger charge is -2.38. The van der Waals surface area contributed by atoms with Crippen molar-refractivity contribution >= 4 is 5.78 Å². The molecule has 0 aromatic carbocycles. The van der Waals surface area contributed by atoms with Crippen molar-refractivity contribution in [3.8, 4) is 0 Å². The SMILES string of the molecule is CCC(=O)CCCN1CCC(C)(CC)CC1. The third-order valence-electron chi connectivity index (χ3n) is 4.24. The minimum Gasteiger partial charge on any atom is -0.303 e. The van der Waals surface area contributed by atoms with Gasteiger partial charge in [0, 0.05) is 12.8 Å². The van der Waals surface area contributed by atoms with Crippen LogP contribution in [0.1, 0.15) is 59.3 Å². The summed E-state index contributed by atoms with van der Waals surface area (Å²) in [5.41, 5.74) is 0.579. The van der Waals surface area contributed by atoms with Crippen molar-refractivity contribution < 1.29 is 4.79 Å². The summed E-state index contributed by atoms with van der Waals surface area (Å²) in [6.07, 6.45) is 6.48. The molecule has 0 radical (unpaired) electrons. The van der Waals surface area contributed by atoms with Gasteiger partial charge < -0.3 is 4.90 Å². The number of piperidine rings is 1. The summed E-state index contributed by atoms with van der Waals surface area (Å²) in [6.45, 7) is 10.2. The zero-order valence-electron chi connectivity index (χ0n) is 11.2. The highest BCUT2D eigenvalue weighted by molar-refractivity contribution is 5.77. The van der Waals surface area contributed by atoms with Crippen LogP contribution < -0.4 is 0 Å². The van der Waals surface area contributed by atoms with Gasteiger partial charge in [-0.1, -0.05) is 27.2 Å². The molecule has 2 nitrogen and oxygen atoms in total. The Morgan fingerprint density at radius 1 is 1.25 bits per heavy atom. The van der Waals surface area contributed by atoms with Crippen molar-refractivity contribution in [2.45, 2.75) is 59.3 Å². The van der Waals surface area contributed by atoms with Gasteiger partial charge in [-0.15, -0.1) is 0 Å². The van der Waals surface area contributed by atoms with Gasteiger partial charge in [0.05, 0.1) is 0 Å². The molecule has 0 amide bonds. The number of likely N-dealkylation sites (tertiary alicyclic amines) is 1. The van der Waals surface area contributed by atoms with Crippen molar-refractivity contribution in [3.63, 3.8) is 0 Å². The highest BCUT2D eigenvalue weighted by atomic mass is 16.1. The standard InChI is InChI=1S/C14H27NO/c1-4-13(16)7-6-10-15-11-8-14(3,5-2)9-12-15/h4-12H2,1-3H3. The number of ketones is 1. The lowest BCUT2D eigenvalue weighted by Crippen LogP contribution is -2.38. The Labute approximate surface area is 100 Å². The summed E-state index contributed by atoms with van der Waals surface area (Å²) < 4.78 is 0. The molecule has 0 aliphatic carbocycles. The first kappa shape index (κ1) is 13.7. The van der Waals surface area contributed by atoms with E-state index in [2.05, 4.69) is 18.7 Å². The first-order valence-electron chi connectivity index (χ1n) is 6.83. The average molecular weight is 225 g/mol. The maximum atomic E-state index is 11.2. The normalized spacial score (nSPS) is 20.9. The fraction of sp³-hybridized carbons (Fsp3) is 0.929. The van der Waals surface area contributed by atoms with Gasteiger partial charge in [-0.2, -0.15) is 0 Å². The maximum absolute atomic E-state index is 11.2. The molecule has 0 bridgehead atoms. The first-order valence-corrected chi connectivity index (χ1v) is 6.83. The third kappa shape index (κ3) is 4.25. The van der Waals surface area contributed by atoms with E-state index in [1.54, 1.807) is 0 Å². The van der Waals surface area contributed by atoms with Crippen molar-refractivity contribution in [2.75, 3.05) is 19.6 Å². The molecule has 1 rings (SSSR count). The molecule has 0 spiro atoms. The molecule has 2 heteroatoms. The number of rotatable bonds is 6. The Hall–Kier alpha value is -0.370. The van der Waals surface area contributed by atoms with Gasteiger partial charge in [-0.05, 0) is 44.3 Å². The predicted molar refractivity (Wildman–Crippen MR) is 68.6 cm³/mol. The number of nitrogens with zero attached hydrogens (tertiary/aromatic N) is 1. The van der Waals surface area contributed by atoms with Gasteiger partial charge in [0.25, 0.3) is 0 Å². The van der Waals surface area contributed by atoms with Crippen molar-refractivity contribution in [1.82, 2.24) is 4.90 Å². The predicted octanol–water partition coefficient (Wildman–Crippen LogP) is 3.26. The van der Waals surface area contributed by atoms with Crippen LogP contribution in [-0.4, -0.2) is 30.3 Å². The molecule has 0 saturated carbocycles. The topological polar surface area (TPSA) is 20.3 Å². The van der Waals surface area contributed by atoms with Gasteiger partial charge in [0.15, 0.2) is 0 Å². The van der Waals surface area contributed by atoms with E-state index in [-0.39, 0.29) is 0 Å². The molecule has 1 saturated heterocycles. The van der Waals surface area contributed by atoms with Crippen LogP contribution in [0, 0.1) is 5.41 Å². The highest BCUT2D eigenvalue weighted by Crippen LogP contribution is 2.33. The first-order chi connectivity index (χ1) is 7.59. The second-order valence-corrected chi connectivity index (χ2v) is 5.50. The second-order valence-electron chi connectivity index (χ2n) is 5.50. The lowest BCUT2D eigenvalue weighted by molar-refractivity contribution is -0.118. The van der Waals surface area contributed by atoms with Crippen LogP contribution >= 0.6 is 0 Å². The van der Waals surface area contributed by atoms with Crippen LogP contribution in [0.2, 0.25) is 0 Å². The smallest absolute Gasteiger partial charge is 0.132 e. The van der Waals surface area contributed by atoms with E-state index in [0.29, 0.717) is 17.6 Å². The Kier molecular flexibility index (Phi) is 5.47. The fourth-order valence-electron chi connectivity index (χ4n) is 2.35. The fourth-order valence-corrected chi connectivity index (χ4v) is 2.35. The zero-order chi connectivity index (χ0) is 12.0. The van der Waals surface area contributed by atoms with E-state index in [0.717, 1.165) is 19.4 Å². The molecule has 0 aromatic heterocycles. The van der Waals surface area contributed by atoms with Crippen LogP contribution in [-0.2, 0) is 4.79 Å². The number of hydrogen-bond donors (Lipinski definition) is 0. The van der Waals surface area contributed by atoms with Crippen molar-refractivity contribution in [1.29, 1.82) is 0 Å². The van der Waals surface area contributed by atoms with Gasteiger partial charge in [-0.25, -0.2) is 0 Å². The van der Waals surface area contributed by atoms with Gasteiger partial charge in [0.2, 0.25) is 0 Å². The molecule has 0 N–H and O–H groups in total. The summed E-state index contributed by atoms with van der Waals surface area (Å²) >= 11 is 0. The maximum Gasteiger partial charge on any atom is 0.132 e. The van der Waals surface area contributed by atoms with Crippen LogP contribution in [0.4, 0.5) is 0 Å². The average Bonchev–Trinajstić information content (AvgIpc) is 2.31. The Morgan fingerprint density at radius 3 is 2.38 bits per heavy atom. The summed E-state index contributed by atoms with van der Waals surface area (Å²) in [6, 6.07) is 0. The molecule has 0 unspecified atom stereocenters. The number of hydrogen-bond acceptors (Lipinski definition) is 2. The van der Waals surface area contributed by atoms with Gasteiger partial charge in [-0.3, -0.25) is 4.79 Å². The highest BCUT2D eigenvalue weighted by Gasteiger charge is 2.27. The van der Waals surface area contributed by atoms with E-state index in [1.807, 2.05) is 6.92 Å². The summed E-state index contributed by atoms with van der Waals surface area (Å²) in [4.78, 5) is 13.7. The number of carbonyl (C=O) groups is 1. The second kappa shape index (κ2) is 6.39. The largest absolute Gasteiger partial charge is 0.303 e. The zero-order valence-corrected chi connectivity index (χ0v) is 11.2. The van der Waals surface area contributed by atoms with E-state index in [4.69, 9.17) is 0 Å². The quantitative estimate of drug-likeness (QED) is 0.691. The molecule has 16 heavy (non-hydrogen) atoms. The van der Waals surface area contributed by atoms with Crippen LogP contribution in [0.3, 0.4) is 0 Å². The van der Waals surface area contributed by atoms with Crippen LogP contribution in [0.5, 0.6) is 0 Å². The molecule has 1 aliphatic rings. The van der Waals surface area contributed by atoms with Crippen molar-refractivity contribution in [2.24, 2.45) is 5.41 Å². The molecule has 0 atom stereocenters. The third-order valence-corrected chi connectivity index (χ3v) is 4.24. The molecule has 1 aliphatic heterocycles. The van der Waals surface area contributed by atoms with Gasteiger partial charge in [0.1, 0.15) is 5.78 Å². The number of Topliss-reactive ketones (excluding diaryl/α,β-unsaturated/α-hetero) is 1. The summed E-state index contributed by atoms with van der Waals surface area (Å²) in [7, 11) is 0. The van der Waals surface area contributed by atoms with Crippen LogP contribution in [0.15, 0.2) is 0 Å². The minimum absolute atomic E-state index is 0.412. The van der Waals surface area contributed by atoms with E-state index >= 15 is 0 Å². The molecular weight excluding hydrogens is 198 g/mol. The minimum atomic E-state index is 0.412. The Bertz CT molecular complexity index is 217. The number of carbonyl (C=O) groups excluding carboxylic acids is 1. The van der Waals surface area contributed by atoms with Crippen molar-refractivity contribution in [3.05, 3.63) is 0 Å². The van der Waals surface area contributed by atoms with E-state index < -0.39 is 0 Å². The monoisotopic (exact) mass is 225 g/mol. The molecular formula is C14H27NO. The Balaban J connectivity index is 2.15. The molecule has 1 heterocycles.